The van der Waals surface area contributed by atoms with E-state index in [1.807, 2.05) is 0 Å². The van der Waals surface area contributed by atoms with Gasteiger partial charge >= 0.3 is 0 Å². The second-order valence-corrected chi connectivity index (χ2v) is 0.435. The van der Waals surface area contributed by atoms with Gasteiger partial charge in [-0.2, -0.15) is 5.84 Å². The van der Waals surface area contributed by atoms with Crippen LogP contribution in [-0.4, -0.2) is 10.3 Å². The summed E-state index contributed by atoms with van der Waals surface area (Å²) in [5, 5.41) is 18.4. The molecule has 0 aliphatic heterocycles. The second kappa shape index (κ2) is 2.21. The monoisotopic (exact) mass is 93.0 g/mol. The molecule has 6 heavy (non-hydrogen) atoms. The molecule has 0 fully saturated rings. The van der Waals surface area contributed by atoms with Gasteiger partial charge in [-0.15, -0.1) is 0 Å². The zero-order chi connectivity index (χ0) is 4.99. The lowest BCUT2D eigenvalue weighted by atomic mass is 12.6. The van der Waals surface area contributed by atoms with Crippen LogP contribution in [0.2, 0.25) is 0 Å². The molecule has 0 aromatic rings. The second-order valence-electron chi connectivity index (χ2n) is 0.435. The maximum absolute atomic E-state index is 9.33. The highest BCUT2D eigenvalue weighted by Crippen LogP contribution is 1.62. The van der Waals surface area contributed by atoms with Gasteiger partial charge < -0.3 is 10.2 Å². The predicted molar refractivity (Wildman–Crippen MR) is 14.0 cm³/mol. The molecule has 0 atom stereocenters. The third kappa shape index (κ3) is 1.30. The van der Waals surface area contributed by atoms with Gasteiger partial charge in [-0.05, 0) is 0 Å². The van der Waals surface area contributed by atoms with Crippen molar-refractivity contribution >= 4 is 0 Å². The Morgan fingerprint density at radius 3 is 2.50 bits per heavy atom. The summed E-state index contributed by atoms with van der Waals surface area (Å²) in [5.41, 5.74) is 0. The molecule has 0 aromatic heterocycles. The molecule has 6 nitrogen and oxygen atoms in total. The van der Waals surface area contributed by atoms with Crippen LogP contribution in [0.25, 0.3) is 0 Å². The normalized spacial score (nSPS) is 11.2. The third-order valence-electron chi connectivity index (χ3n) is 0.164. The maximum Gasteiger partial charge on any atom is 0.126 e. The van der Waals surface area contributed by atoms with Gasteiger partial charge in [-0.25, -0.2) is 0 Å². The molecular weight excluding hydrogens is 90.0 g/mol. The van der Waals surface area contributed by atoms with E-state index in [0.717, 1.165) is 0 Å². The largest absolute Gasteiger partial charge is 0.337 e. The molecule has 36 valence electrons. The number of hydrogen-bond donors (Lipinski definition) is 2. The maximum atomic E-state index is 9.33. The first-order valence-electron chi connectivity index (χ1n) is 1.01. The van der Waals surface area contributed by atoms with Crippen LogP contribution in [-0.2, 0) is 4.99 Å². The summed E-state index contributed by atoms with van der Waals surface area (Å²) >= 11 is 0. The Balaban J connectivity index is 3.22. The summed E-state index contributed by atoms with van der Waals surface area (Å²) in [6.45, 7) is 0. The van der Waals surface area contributed by atoms with Crippen molar-refractivity contribution in [1.82, 2.24) is 0 Å². The molecule has 0 aliphatic carbocycles. The lowest BCUT2D eigenvalue weighted by molar-refractivity contribution is -0.873. The minimum Gasteiger partial charge on any atom is -0.337 e. The Labute approximate surface area is 32.9 Å². The average Bonchev–Trinajstić information content (AvgIpc) is 1.65. The summed E-state index contributed by atoms with van der Waals surface area (Å²) in [5.74, 6) is 4.24. The van der Waals surface area contributed by atoms with Crippen molar-refractivity contribution in [3.8, 4) is 0 Å². The molecule has 0 radical (unpaired) electrons. The van der Waals surface area contributed by atoms with E-state index in [9.17, 15) is 5.21 Å². The Bertz CT molecular complexity index is 57.1. The highest BCUT2D eigenvalue weighted by molar-refractivity contribution is 3.79. The molecular formula is H3N3O3. The van der Waals surface area contributed by atoms with E-state index >= 15 is 0 Å². The number of nitrogens with zero attached hydrogens (tertiary/aromatic N) is 2. The fraction of sp³-hybridized carbons (Fsp3) is 0. The fourth-order valence-corrected chi connectivity index (χ4v) is 0.0211. The van der Waals surface area contributed by atoms with Crippen LogP contribution in [0.4, 0.5) is 0 Å². The predicted octanol–water partition coefficient (Wildman–Crippen LogP) is -0.773. The minimum absolute atomic E-state index is 0.542. The van der Waals surface area contributed by atoms with Crippen LogP contribution >= 0.6 is 0 Å². The molecule has 0 aromatic carbocycles. The van der Waals surface area contributed by atoms with Gasteiger partial charge in [-0.1, -0.05) is 0 Å². The van der Waals surface area contributed by atoms with Crippen molar-refractivity contribution in [2.75, 3.05) is 0 Å². The van der Waals surface area contributed by atoms with Crippen LogP contribution in [0.5, 0.6) is 0 Å². The fourth-order valence-electron chi connectivity index (χ4n) is 0.0211. The van der Waals surface area contributed by atoms with E-state index in [0.29, 0.717) is 0 Å². The van der Waals surface area contributed by atoms with Crippen LogP contribution in [0.3, 0.4) is 0 Å². The zero-order valence-electron chi connectivity index (χ0n) is 2.74. The Hall–Kier alpha value is -1.04. The molecule has 0 heterocycles. The van der Waals surface area contributed by atoms with E-state index in [4.69, 9.17) is 5.26 Å². The first-order valence-corrected chi connectivity index (χ1v) is 1.01. The standard InChI is InChI=1S/H3N3O3/c1-2-3(4)6-5/h5H,1H2/b3-2+. The topological polar surface area (TPSA) is 93.9 Å². The first-order chi connectivity index (χ1) is 2.81. The highest BCUT2D eigenvalue weighted by atomic mass is 17.2. The molecule has 3 N–H and O–H groups in total. The molecule has 0 unspecified atom stereocenters. The molecule has 0 rings (SSSR count). The number of rotatable bonds is 1. The molecule has 0 saturated carbocycles. The molecule has 0 spiro atoms. The molecule has 6 heteroatoms. The van der Waals surface area contributed by atoms with Crippen LogP contribution in [0.1, 0.15) is 0 Å². The van der Waals surface area contributed by atoms with E-state index in [1.165, 1.54) is 0 Å². The Kier molecular flexibility index (Phi) is 1.83. The van der Waals surface area contributed by atoms with E-state index < -0.39 is 5.02 Å². The Morgan fingerprint density at radius 1 is 2.00 bits per heavy atom. The van der Waals surface area contributed by atoms with Crippen LogP contribution in [0.15, 0.2) is 5.22 Å². The summed E-state index contributed by atoms with van der Waals surface area (Å²) in [6.07, 6.45) is 0. The summed E-state index contributed by atoms with van der Waals surface area (Å²) in [4.78, 5) is 2.89. The van der Waals surface area contributed by atoms with Crippen molar-refractivity contribution in [3.05, 3.63) is 5.21 Å². The molecule has 0 bridgehead atoms. The van der Waals surface area contributed by atoms with Crippen molar-refractivity contribution in [2.24, 2.45) is 11.1 Å². The first kappa shape index (κ1) is 4.96. The third-order valence-corrected chi connectivity index (χ3v) is 0.164. The van der Waals surface area contributed by atoms with Gasteiger partial charge in [0, 0.05) is 0 Å². The van der Waals surface area contributed by atoms with Crippen LogP contribution < -0.4 is 5.84 Å². The lowest BCUT2D eigenvalue weighted by Crippen LogP contribution is -2.00. The number of hydrogen-bond acceptors (Lipinski definition) is 4. The highest BCUT2D eigenvalue weighted by Gasteiger charge is 1.71. The van der Waals surface area contributed by atoms with Gasteiger partial charge in [-0.3, -0.25) is 5.26 Å². The molecule has 0 saturated heterocycles. The average molecular weight is 93.0 g/mol. The van der Waals surface area contributed by atoms with Crippen LogP contribution in [0, 0.1) is 5.21 Å². The quantitative estimate of drug-likeness (QED) is 0.192. The molecule has 0 aliphatic rings. The number of nitrogens with two attached hydrogens (primary N) is 1. The van der Waals surface area contributed by atoms with Crippen molar-refractivity contribution in [2.45, 2.75) is 0 Å². The van der Waals surface area contributed by atoms with Gasteiger partial charge in [0.05, 0.1) is 5.02 Å². The van der Waals surface area contributed by atoms with Gasteiger partial charge in [0.15, 0.2) is 0 Å². The summed E-state index contributed by atoms with van der Waals surface area (Å²) in [7, 11) is 0. The van der Waals surface area contributed by atoms with Gasteiger partial charge in [0.1, 0.15) is 5.22 Å². The zero-order valence-corrected chi connectivity index (χ0v) is 2.74. The van der Waals surface area contributed by atoms with E-state index in [1.54, 1.807) is 0 Å². The SMILES string of the molecule is N/N=[N+](\[O-])OO. The van der Waals surface area contributed by atoms with Crippen molar-refractivity contribution < 1.29 is 15.3 Å². The van der Waals surface area contributed by atoms with E-state index in [-0.39, 0.29) is 0 Å². The Morgan fingerprint density at radius 2 is 2.50 bits per heavy atom. The molecule has 0 amide bonds. The van der Waals surface area contributed by atoms with Gasteiger partial charge in [0.25, 0.3) is 0 Å². The van der Waals surface area contributed by atoms with E-state index in [2.05, 4.69) is 16.1 Å². The van der Waals surface area contributed by atoms with Crippen molar-refractivity contribution in [1.29, 1.82) is 0 Å². The van der Waals surface area contributed by atoms with Gasteiger partial charge in [0.2, 0.25) is 0 Å². The smallest absolute Gasteiger partial charge is 0.126 e. The van der Waals surface area contributed by atoms with Crippen molar-refractivity contribution in [3.63, 3.8) is 0 Å². The minimum atomic E-state index is -0.542. The lowest BCUT2D eigenvalue weighted by Gasteiger charge is -1.91. The summed E-state index contributed by atoms with van der Waals surface area (Å²) < 4.78 is 0. The summed E-state index contributed by atoms with van der Waals surface area (Å²) in [6, 6.07) is 0.